The molecule has 120 valence electrons. The Kier molecular flexibility index (Phi) is 3.70. The zero-order valence-electron chi connectivity index (χ0n) is 11.9. The zero-order chi connectivity index (χ0) is 16.6. The van der Waals surface area contributed by atoms with Crippen molar-refractivity contribution in [3.63, 3.8) is 0 Å². The third kappa shape index (κ3) is 2.85. The summed E-state index contributed by atoms with van der Waals surface area (Å²) in [7, 11) is -3.91. The third-order valence-electron chi connectivity index (χ3n) is 3.28. The summed E-state index contributed by atoms with van der Waals surface area (Å²) in [5, 5.41) is 7.47. The summed E-state index contributed by atoms with van der Waals surface area (Å²) >= 11 is 0. The fourth-order valence-electron chi connectivity index (χ4n) is 1.99. The Bertz CT molecular complexity index is 1040. The molecular weight excluding hydrogens is 325 g/mol. The van der Waals surface area contributed by atoms with E-state index < -0.39 is 21.4 Å². The number of aromatic amines is 1. The Morgan fingerprint density at radius 3 is 2.87 bits per heavy atom. The minimum absolute atomic E-state index is 0.0584. The highest BCUT2D eigenvalue weighted by Gasteiger charge is 2.17. The van der Waals surface area contributed by atoms with Crippen LogP contribution in [0.2, 0.25) is 0 Å². The van der Waals surface area contributed by atoms with Gasteiger partial charge in [0.25, 0.3) is 5.56 Å². The predicted octanol–water partition coefficient (Wildman–Crippen LogP) is 0.344. The molecule has 2 N–H and O–H groups in total. The third-order valence-corrected chi connectivity index (χ3v) is 4.68. The van der Waals surface area contributed by atoms with Gasteiger partial charge in [-0.15, -0.1) is 10.2 Å². The highest BCUT2D eigenvalue weighted by atomic mass is 32.2. The number of rotatable bonds is 4. The van der Waals surface area contributed by atoms with Crippen LogP contribution in [0.5, 0.6) is 0 Å². The molecule has 3 aromatic rings. The number of sulfonamides is 1. The summed E-state index contributed by atoms with van der Waals surface area (Å²) in [5.74, 6) is -0.366. The van der Waals surface area contributed by atoms with Crippen molar-refractivity contribution in [1.29, 1.82) is 0 Å². The van der Waals surface area contributed by atoms with Gasteiger partial charge in [-0.3, -0.25) is 9.20 Å². The molecule has 0 unspecified atom stereocenters. The molecule has 1 aromatic carbocycles. The lowest BCUT2D eigenvalue weighted by molar-refractivity contribution is 0.574. The molecule has 2 aromatic heterocycles. The standard InChI is InChI=1S/C13H12FN5O3S/c1-8-2-3-9(6-10(8)14)23(21,22)16-7-11-17-18-12-13(20)15-4-5-19(11)12/h2-6,16H,7H2,1H3,(H,15,20). The molecule has 0 bridgehead atoms. The van der Waals surface area contributed by atoms with Crippen LogP contribution in [0.25, 0.3) is 5.65 Å². The molecule has 3 rings (SSSR count). The average molecular weight is 337 g/mol. The van der Waals surface area contributed by atoms with Crippen LogP contribution in [0.15, 0.2) is 40.3 Å². The Morgan fingerprint density at radius 1 is 1.35 bits per heavy atom. The summed E-state index contributed by atoms with van der Waals surface area (Å²) in [5.41, 5.74) is -0.0237. The van der Waals surface area contributed by atoms with Crippen LogP contribution in [-0.2, 0) is 16.6 Å². The minimum atomic E-state index is -3.91. The fourth-order valence-corrected chi connectivity index (χ4v) is 2.98. The second kappa shape index (κ2) is 5.56. The molecule has 0 aliphatic rings. The maximum atomic E-state index is 13.5. The number of nitrogens with zero attached hydrogens (tertiary/aromatic N) is 3. The second-order valence-electron chi connectivity index (χ2n) is 4.83. The van der Waals surface area contributed by atoms with E-state index in [0.29, 0.717) is 5.56 Å². The Hall–Kier alpha value is -2.59. The van der Waals surface area contributed by atoms with Gasteiger partial charge in [0.2, 0.25) is 15.7 Å². The molecule has 0 saturated carbocycles. The number of H-pyrrole nitrogens is 1. The SMILES string of the molecule is Cc1ccc(S(=O)(=O)NCc2nnc3c(=O)[nH]ccn23)cc1F. The van der Waals surface area contributed by atoms with E-state index in [1.54, 1.807) is 6.92 Å². The minimum Gasteiger partial charge on any atom is -0.324 e. The van der Waals surface area contributed by atoms with Crippen molar-refractivity contribution in [2.24, 2.45) is 0 Å². The lowest BCUT2D eigenvalue weighted by Crippen LogP contribution is -2.24. The maximum absolute atomic E-state index is 13.5. The van der Waals surface area contributed by atoms with Crippen LogP contribution in [0, 0.1) is 12.7 Å². The van der Waals surface area contributed by atoms with Crippen molar-refractivity contribution in [2.45, 2.75) is 18.4 Å². The van der Waals surface area contributed by atoms with Gasteiger partial charge in [0.15, 0.2) is 5.82 Å². The van der Waals surface area contributed by atoms with Crippen molar-refractivity contribution in [3.05, 3.63) is 58.2 Å². The van der Waals surface area contributed by atoms with E-state index >= 15 is 0 Å². The Balaban J connectivity index is 1.87. The number of hydrogen-bond donors (Lipinski definition) is 2. The number of halogens is 1. The molecule has 0 spiro atoms. The average Bonchev–Trinajstić information content (AvgIpc) is 2.93. The summed E-state index contributed by atoms with van der Waals surface area (Å²) in [6, 6.07) is 3.65. The topological polar surface area (TPSA) is 109 Å². The number of fused-ring (bicyclic) bond motifs is 1. The normalized spacial score (nSPS) is 11.9. The maximum Gasteiger partial charge on any atom is 0.293 e. The van der Waals surface area contributed by atoms with Gasteiger partial charge in [0.05, 0.1) is 11.4 Å². The van der Waals surface area contributed by atoms with E-state index in [4.69, 9.17) is 0 Å². The Labute approximate surface area is 130 Å². The highest BCUT2D eigenvalue weighted by Crippen LogP contribution is 2.14. The number of aryl methyl sites for hydroxylation is 1. The van der Waals surface area contributed by atoms with Crippen LogP contribution >= 0.6 is 0 Å². The second-order valence-corrected chi connectivity index (χ2v) is 6.60. The van der Waals surface area contributed by atoms with Crippen molar-refractivity contribution < 1.29 is 12.8 Å². The monoisotopic (exact) mass is 337 g/mol. The van der Waals surface area contributed by atoms with E-state index in [1.807, 2.05) is 0 Å². The molecule has 0 aliphatic carbocycles. The van der Waals surface area contributed by atoms with Gasteiger partial charge in [-0.1, -0.05) is 6.07 Å². The van der Waals surface area contributed by atoms with Gasteiger partial charge in [-0.2, -0.15) is 0 Å². The van der Waals surface area contributed by atoms with Gasteiger partial charge in [-0.25, -0.2) is 17.5 Å². The fraction of sp³-hybridized carbons (Fsp3) is 0.154. The van der Waals surface area contributed by atoms with Gasteiger partial charge < -0.3 is 4.98 Å². The molecule has 0 saturated heterocycles. The van der Waals surface area contributed by atoms with Crippen molar-refractivity contribution in [1.82, 2.24) is 24.3 Å². The molecule has 0 fully saturated rings. The van der Waals surface area contributed by atoms with Crippen LogP contribution in [-0.4, -0.2) is 28.0 Å². The number of nitrogens with one attached hydrogen (secondary N) is 2. The lowest BCUT2D eigenvalue weighted by Gasteiger charge is -2.07. The molecule has 8 nitrogen and oxygen atoms in total. The van der Waals surface area contributed by atoms with Gasteiger partial charge in [0.1, 0.15) is 5.82 Å². The molecule has 0 atom stereocenters. The number of hydrogen-bond acceptors (Lipinski definition) is 5. The summed E-state index contributed by atoms with van der Waals surface area (Å²) < 4.78 is 41.6. The summed E-state index contributed by atoms with van der Waals surface area (Å²) in [6.45, 7) is 1.35. The van der Waals surface area contributed by atoms with E-state index in [1.165, 1.54) is 28.9 Å². The van der Waals surface area contributed by atoms with Gasteiger partial charge >= 0.3 is 0 Å². The highest BCUT2D eigenvalue weighted by molar-refractivity contribution is 7.89. The number of aromatic nitrogens is 4. The first-order chi connectivity index (χ1) is 10.9. The molecule has 23 heavy (non-hydrogen) atoms. The summed E-state index contributed by atoms with van der Waals surface area (Å²) in [4.78, 5) is 13.8. The van der Waals surface area contributed by atoms with Crippen molar-refractivity contribution >= 4 is 15.7 Å². The van der Waals surface area contributed by atoms with Crippen LogP contribution in [0.3, 0.4) is 0 Å². The van der Waals surface area contributed by atoms with Crippen LogP contribution in [0.4, 0.5) is 4.39 Å². The lowest BCUT2D eigenvalue weighted by atomic mass is 10.2. The molecule has 0 radical (unpaired) electrons. The molecule has 0 aliphatic heterocycles. The largest absolute Gasteiger partial charge is 0.324 e. The molecule has 10 heteroatoms. The Morgan fingerprint density at radius 2 is 2.13 bits per heavy atom. The van der Waals surface area contributed by atoms with E-state index in [2.05, 4.69) is 19.9 Å². The van der Waals surface area contributed by atoms with Crippen molar-refractivity contribution in [2.75, 3.05) is 0 Å². The molecule has 0 amide bonds. The first kappa shape index (κ1) is 15.3. The first-order valence-corrected chi connectivity index (χ1v) is 8.04. The van der Waals surface area contributed by atoms with E-state index in [9.17, 15) is 17.6 Å². The van der Waals surface area contributed by atoms with Gasteiger partial charge in [-0.05, 0) is 24.6 Å². The molecule has 2 heterocycles. The first-order valence-electron chi connectivity index (χ1n) is 6.55. The van der Waals surface area contributed by atoms with Crippen molar-refractivity contribution in [3.8, 4) is 0 Å². The van der Waals surface area contributed by atoms with Gasteiger partial charge in [0, 0.05) is 12.4 Å². The predicted molar refractivity (Wildman–Crippen MR) is 78.8 cm³/mol. The quantitative estimate of drug-likeness (QED) is 0.714. The zero-order valence-corrected chi connectivity index (χ0v) is 12.8. The van der Waals surface area contributed by atoms with Crippen LogP contribution < -0.4 is 10.3 Å². The van der Waals surface area contributed by atoms with Crippen LogP contribution in [0.1, 0.15) is 11.4 Å². The van der Waals surface area contributed by atoms with E-state index in [-0.39, 0.29) is 22.9 Å². The van der Waals surface area contributed by atoms with E-state index in [0.717, 1.165) is 6.07 Å². The number of benzene rings is 1. The summed E-state index contributed by atoms with van der Waals surface area (Å²) in [6.07, 6.45) is 2.90. The smallest absolute Gasteiger partial charge is 0.293 e. The molecular formula is C13H12FN5O3S.